The van der Waals surface area contributed by atoms with Gasteiger partial charge in [0.2, 0.25) is 0 Å². The van der Waals surface area contributed by atoms with E-state index in [1.165, 1.54) is 0 Å². The smallest absolute Gasteiger partial charge is 0.274 e. The maximum absolute atomic E-state index is 12.9. The zero-order chi connectivity index (χ0) is 17.4. The Bertz CT molecular complexity index is 732. The number of amides is 1. The third-order valence-corrected chi connectivity index (χ3v) is 5.26. The second kappa shape index (κ2) is 6.59. The third-order valence-electron chi connectivity index (χ3n) is 5.26. The standard InChI is InChI=1S/C17H24N6O2/c1-11-9-14-15(12(2)25-11)19-20-16(14)17(24)22-6-3-13(4-7-22)10-23-8-5-18-21-23/h5,8,11-13H,3-4,6-7,9-10H2,1-2H3,(H,19,20)/t11-,12+/m1/s1. The Labute approximate surface area is 146 Å². The first-order chi connectivity index (χ1) is 12.1. The van der Waals surface area contributed by atoms with Gasteiger partial charge in [0.1, 0.15) is 0 Å². The van der Waals surface area contributed by atoms with Crippen LogP contribution >= 0.6 is 0 Å². The van der Waals surface area contributed by atoms with Crippen LogP contribution in [0, 0.1) is 5.92 Å². The number of piperidine rings is 1. The normalized spacial score (nSPS) is 24.3. The SMILES string of the molecule is C[C@@H]1Cc2c(C(=O)N3CCC(Cn4ccnn4)CC3)n[nH]c2[C@H](C)O1. The topological polar surface area (TPSA) is 88.9 Å². The Morgan fingerprint density at radius 3 is 2.88 bits per heavy atom. The minimum atomic E-state index is -0.0405. The number of nitrogens with one attached hydrogen (secondary N) is 1. The van der Waals surface area contributed by atoms with Crippen molar-refractivity contribution < 1.29 is 9.53 Å². The van der Waals surface area contributed by atoms with Crippen LogP contribution in [-0.2, 0) is 17.7 Å². The van der Waals surface area contributed by atoms with Crippen molar-refractivity contribution in [1.29, 1.82) is 0 Å². The minimum absolute atomic E-state index is 0.0398. The van der Waals surface area contributed by atoms with E-state index in [1.54, 1.807) is 6.20 Å². The first-order valence-corrected chi connectivity index (χ1v) is 8.97. The summed E-state index contributed by atoms with van der Waals surface area (Å²) in [5, 5.41) is 15.2. The molecule has 0 aliphatic carbocycles. The molecule has 2 aliphatic rings. The van der Waals surface area contributed by atoms with Crippen molar-refractivity contribution in [3.05, 3.63) is 29.3 Å². The number of aromatic nitrogens is 5. The molecule has 2 aromatic heterocycles. The highest BCUT2D eigenvalue weighted by Crippen LogP contribution is 2.31. The van der Waals surface area contributed by atoms with E-state index in [0.717, 1.165) is 50.2 Å². The summed E-state index contributed by atoms with van der Waals surface area (Å²) in [6.07, 6.45) is 6.35. The summed E-state index contributed by atoms with van der Waals surface area (Å²) < 4.78 is 7.68. The lowest BCUT2D eigenvalue weighted by Gasteiger charge is -2.32. The molecule has 1 fully saturated rings. The average Bonchev–Trinajstić information content (AvgIpc) is 3.24. The molecule has 0 spiro atoms. The lowest BCUT2D eigenvalue weighted by molar-refractivity contribution is -0.00703. The zero-order valence-electron chi connectivity index (χ0n) is 14.7. The molecule has 2 aromatic rings. The molecule has 0 aromatic carbocycles. The Hall–Kier alpha value is -2.22. The maximum atomic E-state index is 12.9. The Kier molecular flexibility index (Phi) is 4.29. The van der Waals surface area contributed by atoms with Gasteiger partial charge in [-0.15, -0.1) is 5.10 Å². The summed E-state index contributed by atoms with van der Waals surface area (Å²) in [4.78, 5) is 14.9. The minimum Gasteiger partial charge on any atom is -0.369 e. The van der Waals surface area contributed by atoms with E-state index in [-0.39, 0.29) is 18.1 Å². The molecule has 8 heteroatoms. The number of fused-ring (bicyclic) bond motifs is 1. The molecule has 0 saturated carbocycles. The highest BCUT2D eigenvalue weighted by atomic mass is 16.5. The van der Waals surface area contributed by atoms with Crippen molar-refractivity contribution in [1.82, 2.24) is 30.1 Å². The molecule has 25 heavy (non-hydrogen) atoms. The Morgan fingerprint density at radius 2 is 2.16 bits per heavy atom. The largest absolute Gasteiger partial charge is 0.369 e. The second-order valence-electron chi connectivity index (χ2n) is 7.12. The highest BCUT2D eigenvalue weighted by Gasteiger charge is 2.32. The number of carbonyl (C=O) groups is 1. The van der Waals surface area contributed by atoms with Crippen LogP contribution in [0.1, 0.15) is 54.5 Å². The predicted molar refractivity (Wildman–Crippen MR) is 89.9 cm³/mol. The first-order valence-electron chi connectivity index (χ1n) is 8.97. The molecule has 0 unspecified atom stereocenters. The van der Waals surface area contributed by atoms with Crippen LogP contribution in [0.15, 0.2) is 12.4 Å². The van der Waals surface area contributed by atoms with Crippen molar-refractivity contribution >= 4 is 5.91 Å². The molecule has 8 nitrogen and oxygen atoms in total. The highest BCUT2D eigenvalue weighted by molar-refractivity contribution is 5.94. The molecule has 134 valence electrons. The van der Waals surface area contributed by atoms with Crippen molar-refractivity contribution in [2.75, 3.05) is 13.1 Å². The van der Waals surface area contributed by atoms with Gasteiger partial charge in [-0.2, -0.15) is 5.10 Å². The van der Waals surface area contributed by atoms with Gasteiger partial charge in [-0.25, -0.2) is 0 Å². The van der Waals surface area contributed by atoms with Gasteiger partial charge in [-0.3, -0.25) is 14.6 Å². The van der Waals surface area contributed by atoms with Crippen molar-refractivity contribution in [3.8, 4) is 0 Å². The summed E-state index contributed by atoms with van der Waals surface area (Å²) in [6, 6.07) is 0. The Morgan fingerprint density at radius 1 is 1.36 bits per heavy atom. The quantitative estimate of drug-likeness (QED) is 0.913. The van der Waals surface area contributed by atoms with Crippen molar-refractivity contribution in [2.45, 2.75) is 51.9 Å². The average molecular weight is 344 g/mol. The van der Waals surface area contributed by atoms with Gasteiger partial charge >= 0.3 is 0 Å². The number of carbonyl (C=O) groups excluding carboxylic acids is 1. The van der Waals surface area contributed by atoms with Crippen LogP contribution in [-0.4, -0.2) is 55.2 Å². The number of H-pyrrole nitrogens is 1. The molecule has 1 N–H and O–H groups in total. The number of hydrogen-bond acceptors (Lipinski definition) is 5. The third kappa shape index (κ3) is 3.18. The summed E-state index contributed by atoms with van der Waals surface area (Å²) >= 11 is 0. The van der Waals surface area contributed by atoms with E-state index in [4.69, 9.17) is 4.74 Å². The van der Waals surface area contributed by atoms with Gasteiger partial charge in [0.05, 0.1) is 24.1 Å². The molecule has 0 bridgehead atoms. The van der Waals surface area contributed by atoms with Gasteiger partial charge in [-0.1, -0.05) is 5.21 Å². The van der Waals surface area contributed by atoms with Crippen LogP contribution in [0.4, 0.5) is 0 Å². The number of likely N-dealkylation sites (tertiary alicyclic amines) is 1. The summed E-state index contributed by atoms with van der Waals surface area (Å²) in [7, 11) is 0. The second-order valence-corrected chi connectivity index (χ2v) is 7.12. The molecule has 2 atom stereocenters. The van der Waals surface area contributed by atoms with E-state index in [9.17, 15) is 4.79 Å². The molecular formula is C17H24N6O2. The lowest BCUT2D eigenvalue weighted by Crippen LogP contribution is -2.40. The van der Waals surface area contributed by atoms with Gasteiger partial charge in [-0.05, 0) is 32.6 Å². The fourth-order valence-electron chi connectivity index (χ4n) is 3.91. The van der Waals surface area contributed by atoms with E-state index < -0.39 is 0 Å². The lowest BCUT2D eigenvalue weighted by atomic mass is 9.95. The van der Waals surface area contributed by atoms with Gasteiger partial charge < -0.3 is 9.64 Å². The maximum Gasteiger partial charge on any atom is 0.274 e. The fourth-order valence-corrected chi connectivity index (χ4v) is 3.91. The molecule has 4 rings (SSSR count). The van der Waals surface area contributed by atoms with Gasteiger partial charge in [0, 0.05) is 37.8 Å². The zero-order valence-corrected chi connectivity index (χ0v) is 14.7. The number of nitrogens with zero attached hydrogens (tertiary/aromatic N) is 5. The molecule has 2 aliphatic heterocycles. The monoisotopic (exact) mass is 344 g/mol. The first kappa shape index (κ1) is 16.3. The fraction of sp³-hybridized carbons (Fsp3) is 0.647. The molecular weight excluding hydrogens is 320 g/mol. The van der Waals surface area contributed by atoms with Crippen LogP contribution in [0.3, 0.4) is 0 Å². The van der Waals surface area contributed by atoms with Crippen LogP contribution in [0.5, 0.6) is 0 Å². The van der Waals surface area contributed by atoms with Gasteiger partial charge in [0.25, 0.3) is 5.91 Å². The van der Waals surface area contributed by atoms with Crippen LogP contribution in [0.25, 0.3) is 0 Å². The van der Waals surface area contributed by atoms with Crippen LogP contribution in [0.2, 0.25) is 0 Å². The van der Waals surface area contributed by atoms with Crippen molar-refractivity contribution in [3.63, 3.8) is 0 Å². The van der Waals surface area contributed by atoms with Gasteiger partial charge in [0.15, 0.2) is 5.69 Å². The summed E-state index contributed by atoms with van der Waals surface area (Å²) in [6.45, 7) is 6.43. The molecule has 1 saturated heterocycles. The predicted octanol–water partition coefficient (Wildman–Crippen LogP) is 1.58. The van der Waals surface area contributed by atoms with E-state index in [1.807, 2.05) is 29.6 Å². The summed E-state index contributed by atoms with van der Waals surface area (Å²) in [5.74, 6) is 0.574. The van der Waals surface area contributed by atoms with E-state index in [2.05, 4.69) is 20.5 Å². The number of rotatable bonds is 3. The van der Waals surface area contributed by atoms with Crippen molar-refractivity contribution in [2.24, 2.45) is 5.92 Å². The number of ether oxygens (including phenoxy) is 1. The molecule has 0 radical (unpaired) electrons. The van der Waals surface area contributed by atoms with E-state index >= 15 is 0 Å². The molecule has 4 heterocycles. The Balaban J connectivity index is 1.41. The number of hydrogen-bond donors (Lipinski definition) is 1. The molecule has 1 amide bonds. The summed E-state index contributed by atoms with van der Waals surface area (Å²) in [5.41, 5.74) is 2.55. The van der Waals surface area contributed by atoms with Crippen LogP contribution < -0.4 is 0 Å². The number of aromatic amines is 1. The van der Waals surface area contributed by atoms with E-state index in [0.29, 0.717) is 11.6 Å².